The molecule has 0 aromatic heterocycles. The summed E-state index contributed by atoms with van der Waals surface area (Å²) in [4.78, 5) is 28.1. The van der Waals surface area contributed by atoms with Gasteiger partial charge < -0.3 is 29.1 Å². The number of nitrogens with zero attached hydrogens (tertiary/aromatic N) is 2. The maximum absolute atomic E-state index is 13.6. The number of hydrogen-bond acceptors (Lipinski definition) is 7. The molecule has 0 saturated carbocycles. The third-order valence-corrected chi connectivity index (χ3v) is 7.92. The second kappa shape index (κ2) is 11.7. The number of aliphatic hydroxyl groups excluding tert-OH is 1. The molecule has 5 rings (SSSR count). The van der Waals surface area contributed by atoms with Crippen LogP contribution in [-0.2, 0) is 11.2 Å². The molecule has 1 atom stereocenters. The molecular weight excluding hydrogens is 572 g/mol. The Morgan fingerprint density at radius 2 is 1.78 bits per heavy atom. The summed E-state index contributed by atoms with van der Waals surface area (Å²) in [5.41, 5.74) is 0.423. The first kappa shape index (κ1) is 29.4. The molecule has 2 fully saturated rings. The molecular formula is C28H29ClF4N2O6. The normalized spacial score (nSPS) is 19.1. The molecule has 1 spiro atoms. The van der Waals surface area contributed by atoms with E-state index in [1.54, 1.807) is 11.0 Å². The molecule has 2 aromatic carbocycles. The van der Waals surface area contributed by atoms with Gasteiger partial charge in [-0.05, 0) is 37.1 Å². The van der Waals surface area contributed by atoms with E-state index in [1.807, 2.05) is 4.90 Å². The maximum Gasteiger partial charge on any atom is 0.491 e. The van der Waals surface area contributed by atoms with Gasteiger partial charge in [-0.2, -0.15) is 13.2 Å². The van der Waals surface area contributed by atoms with E-state index in [2.05, 4.69) is 4.74 Å². The molecule has 3 aliphatic heterocycles. The Kier molecular flexibility index (Phi) is 8.36. The van der Waals surface area contributed by atoms with Gasteiger partial charge in [0.05, 0.1) is 10.6 Å². The van der Waals surface area contributed by atoms with Gasteiger partial charge >= 0.3 is 12.1 Å². The summed E-state index contributed by atoms with van der Waals surface area (Å²) in [6.45, 7) is 2.19. The number of esters is 1. The molecule has 3 aliphatic rings. The van der Waals surface area contributed by atoms with Gasteiger partial charge in [0.25, 0.3) is 5.91 Å². The van der Waals surface area contributed by atoms with E-state index in [0.29, 0.717) is 51.2 Å². The third-order valence-electron chi connectivity index (χ3n) is 7.62. The molecule has 2 saturated heterocycles. The number of alkyl halides is 3. The smallest absolute Gasteiger partial charge is 0.490 e. The fourth-order valence-electron chi connectivity index (χ4n) is 5.51. The first-order chi connectivity index (χ1) is 19.4. The van der Waals surface area contributed by atoms with E-state index in [1.165, 1.54) is 12.1 Å². The molecule has 0 unspecified atom stereocenters. The molecule has 0 radical (unpaired) electrons. The van der Waals surface area contributed by atoms with Crippen molar-refractivity contribution >= 4 is 23.5 Å². The van der Waals surface area contributed by atoms with Crippen molar-refractivity contribution in [3.8, 4) is 17.2 Å². The standard InChI is InChI=1S/C28H29ClF4N2O6/c29-21-12-20(25(37)35-7-1-2-8-35)23(13-24(21)40-26(38)28(31,32)33)39-16-19(36)15-34-9-5-27(6-10-34)14-17-11-18(30)3-4-22(17)41-27/h3-4,11-13,19,36H,1-2,5-10,14-16H2/t19-/m0/s1. The number of likely N-dealkylation sites (tertiary alicyclic amines) is 2. The highest BCUT2D eigenvalue weighted by Gasteiger charge is 2.43. The van der Waals surface area contributed by atoms with Gasteiger partial charge in [-0.15, -0.1) is 0 Å². The quantitative estimate of drug-likeness (QED) is 0.286. The summed E-state index contributed by atoms with van der Waals surface area (Å²) in [5, 5.41) is 10.4. The van der Waals surface area contributed by atoms with E-state index in [4.69, 9.17) is 21.1 Å². The van der Waals surface area contributed by atoms with Crippen molar-refractivity contribution in [3.05, 3.63) is 52.3 Å². The molecule has 2 aromatic rings. The van der Waals surface area contributed by atoms with E-state index >= 15 is 0 Å². The minimum absolute atomic E-state index is 0.00907. The lowest BCUT2D eigenvalue weighted by molar-refractivity contribution is -0.189. The third kappa shape index (κ3) is 6.70. The number of fused-ring (bicyclic) bond motifs is 1. The monoisotopic (exact) mass is 600 g/mol. The second-order valence-electron chi connectivity index (χ2n) is 10.6. The van der Waals surface area contributed by atoms with E-state index in [9.17, 15) is 32.3 Å². The van der Waals surface area contributed by atoms with Crippen LogP contribution < -0.4 is 14.2 Å². The number of carbonyl (C=O) groups is 2. The van der Waals surface area contributed by atoms with Crippen molar-refractivity contribution in [3.63, 3.8) is 0 Å². The Bertz CT molecular complexity index is 1310. The number of amides is 1. The van der Waals surface area contributed by atoms with Gasteiger partial charge in [-0.3, -0.25) is 4.79 Å². The minimum atomic E-state index is -5.25. The molecule has 0 aliphatic carbocycles. The van der Waals surface area contributed by atoms with Gasteiger partial charge in [0.2, 0.25) is 0 Å². The van der Waals surface area contributed by atoms with Crippen LogP contribution >= 0.6 is 11.6 Å². The van der Waals surface area contributed by atoms with Crippen LogP contribution in [0.1, 0.15) is 41.6 Å². The van der Waals surface area contributed by atoms with Crippen molar-refractivity contribution in [1.82, 2.24) is 9.80 Å². The summed E-state index contributed by atoms with van der Waals surface area (Å²) in [5.74, 6) is -3.28. The molecule has 0 bridgehead atoms. The van der Waals surface area contributed by atoms with E-state index in [-0.39, 0.29) is 35.3 Å². The van der Waals surface area contributed by atoms with Crippen LogP contribution in [0, 0.1) is 5.82 Å². The van der Waals surface area contributed by atoms with Crippen LogP contribution in [0.25, 0.3) is 0 Å². The number of halogens is 5. The number of carbonyl (C=O) groups excluding carboxylic acids is 2. The highest BCUT2D eigenvalue weighted by molar-refractivity contribution is 6.32. The van der Waals surface area contributed by atoms with Gasteiger partial charge in [0, 0.05) is 63.6 Å². The summed E-state index contributed by atoms with van der Waals surface area (Å²) in [6.07, 6.45) is -2.67. The molecule has 1 amide bonds. The molecule has 8 nitrogen and oxygen atoms in total. The van der Waals surface area contributed by atoms with Crippen LogP contribution in [-0.4, -0.2) is 84.0 Å². The lowest BCUT2D eigenvalue weighted by Gasteiger charge is -2.39. The van der Waals surface area contributed by atoms with Gasteiger partial charge in [-0.25, -0.2) is 9.18 Å². The predicted octanol–water partition coefficient (Wildman–Crippen LogP) is 4.39. The Morgan fingerprint density at radius 3 is 2.46 bits per heavy atom. The van der Waals surface area contributed by atoms with Crippen molar-refractivity contribution < 1.29 is 46.5 Å². The highest BCUT2D eigenvalue weighted by Crippen LogP contribution is 2.41. The number of ether oxygens (including phenoxy) is 3. The number of β-amino-alcohol motifs (C(OH)–C–C–N with tert-alkyl or cyclic N) is 1. The SMILES string of the molecule is O=C(c1cc(Cl)c(OC(=O)C(F)(F)F)cc1OC[C@@H](O)CN1CCC2(CC1)Cc1cc(F)ccc1O2)N1CCCC1. The number of piperidine rings is 1. The fourth-order valence-corrected chi connectivity index (χ4v) is 5.71. The number of benzene rings is 2. The zero-order valence-corrected chi connectivity index (χ0v) is 22.8. The van der Waals surface area contributed by atoms with Crippen molar-refractivity contribution in [2.24, 2.45) is 0 Å². The van der Waals surface area contributed by atoms with E-state index in [0.717, 1.165) is 30.5 Å². The largest absolute Gasteiger partial charge is 0.491 e. The summed E-state index contributed by atoms with van der Waals surface area (Å²) < 4.78 is 68.2. The van der Waals surface area contributed by atoms with Crippen LogP contribution in [0.3, 0.4) is 0 Å². The van der Waals surface area contributed by atoms with Crippen LogP contribution in [0.5, 0.6) is 17.2 Å². The predicted molar refractivity (Wildman–Crippen MR) is 139 cm³/mol. The summed E-state index contributed by atoms with van der Waals surface area (Å²) in [7, 11) is 0. The number of rotatable bonds is 7. The van der Waals surface area contributed by atoms with Crippen molar-refractivity contribution in [2.75, 3.05) is 39.3 Å². The Balaban J connectivity index is 1.22. The van der Waals surface area contributed by atoms with Gasteiger partial charge in [-0.1, -0.05) is 11.6 Å². The lowest BCUT2D eigenvalue weighted by atomic mass is 9.87. The minimum Gasteiger partial charge on any atom is -0.490 e. The van der Waals surface area contributed by atoms with Gasteiger partial charge in [0.15, 0.2) is 5.75 Å². The summed E-state index contributed by atoms with van der Waals surface area (Å²) in [6, 6.07) is 6.58. The number of aliphatic hydroxyl groups is 1. The number of hydrogen-bond donors (Lipinski definition) is 1. The molecule has 1 N–H and O–H groups in total. The van der Waals surface area contributed by atoms with Crippen LogP contribution in [0.15, 0.2) is 30.3 Å². The van der Waals surface area contributed by atoms with Crippen molar-refractivity contribution in [1.29, 1.82) is 0 Å². The molecule has 13 heteroatoms. The molecule has 222 valence electrons. The first-order valence-electron chi connectivity index (χ1n) is 13.3. The highest BCUT2D eigenvalue weighted by atomic mass is 35.5. The van der Waals surface area contributed by atoms with E-state index < -0.39 is 35.5 Å². The maximum atomic E-state index is 13.6. The van der Waals surface area contributed by atoms with Gasteiger partial charge in [0.1, 0.15) is 35.6 Å². The fraction of sp³-hybridized carbons (Fsp3) is 0.500. The molecule has 41 heavy (non-hydrogen) atoms. The van der Waals surface area contributed by atoms with Crippen LogP contribution in [0.2, 0.25) is 5.02 Å². The molecule has 3 heterocycles. The Labute approximate surface area is 238 Å². The zero-order valence-electron chi connectivity index (χ0n) is 22.0. The zero-order chi connectivity index (χ0) is 29.4. The second-order valence-corrected chi connectivity index (χ2v) is 11.1. The van der Waals surface area contributed by atoms with Crippen LogP contribution in [0.4, 0.5) is 17.6 Å². The lowest BCUT2D eigenvalue weighted by Crippen LogP contribution is -2.49. The average molecular weight is 601 g/mol. The topological polar surface area (TPSA) is 88.5 Å². The summed E-state index contributed by atoms with van der Waals surface area (Å²) >= 11 is 6.07. The average Bonchev–Trinajstić information content (AvgIpc) is 3.57. The Hall–Kier alpha value is -3.09. The van der Waals surface area contributed by atoms with Crippen molar-refractivity contribution in [2.45, 2.75) is 50.0 Å². The Morgan fingerprint density at radius 1 is 1.07 bits per heavy atom. The first-order valence-corrected chi connectivity index (χ1v) is 13.7.